The molecule has 0 spiro atoms. The van der Waals surface area contributed by atoms with Gasteiger partial charge in [-0.3, -0.25) is 9.59 Å². The maximum absolute atomic E-state index is 12.3. The number of likely N-dealkylation sites (tertiary alicyclic amines) is 1. The lowest BCUT2D eigenvalue weighted by atomic mass is 9.96. The summed E-state index contributed by atoms with van der Waals surface area (Å²) < 4.78 is 0. The van der Waals surface area contributed by atoms with Gasteiger partial charge < -0.3 is 15.5 Å². The molecule has 0 unspecified atom stereocenters. The minimum Gasteiger partial charge on any atom is -0.343 e. The van der Waals surface area contributed by atoms with Gasteiger partial charge in [0.05, 0.1) is 6.42 Å². The monoisotopic (exact) mass is 365 g/mol. The molecule has 138 valence electrons. The predicted molar refractivity (Wildman–Crippen MR) is 102 cm³/mol. The zero-order chi connectivity index (χ0) is 16.9. The number of hydrogen-bond acceptors (Lipinski definition) is 3. The third-order valence-corrected chi connectivity index (χ3v) is 5.11. The number of halogens is 1. The van der Waals surface area contributed by atoms with Crippen LogP contribution in [0, 0.1) is 5.92 Å². The van der Waals surface area contributed by atoms with E-state index in [1.807, 2.05) is 18.0 Å². The topological polar surface area (TPSA) is 61.4 Å². The third-order valence-electron chi connectivity index (χ3n) is 5.11. The quantitative estimate of drug-likeness (QED) is 0.813. The number of aryl methyl sites for hydroxylation is 1. The van der Waals surface area contributed by atoms with E-state index in [1.165, 1.54) is 5.56 Å². The Morgan fingerprint density at radius 2 is 2.08 bits per heavy atom. The fourth-order valence-corrected chi connectivity index (χ4v) is 3.72. The SMILES string of the molecule is CNCC1CCN(C(=O)CCCc2ccc3c(c2)CC(=O)N3)CC1.Cl. The number of carbonyl (C=O) groups is 2. The van der Waals surface area contributed by atoms with Crippen LogP contribution in [0.2, 0.25) is 0 Å². The first-order valence-electron chi connectivity index (χ1n) is 8.99. The summed E-state index contributed by atoms with van der Waals surface area (Å²) in [5.74, 6) is 1.07. The number of nitrogens with one attached hydrogen (secondary N) is 2. The summed E-state index contributed by atoms with van der Waals surface area (Å²) in [7, 11) is 1.99. The molecule has 2 heterocycles. The lowest BCUT2D eigenvalue weighted by molar-refractivity contribution is -0.132. The number of piperidine rings is 1. The minimum atomic E-state index is 0. The van der Waals surface area contributed by atoms with Crippen LogP contribution in [0.3, 0.4) is 0 Å². The number of nitrogens with zero attached hydrogens (tertiary/aromatic N) is 1. The molecule has 0 saturated carbocycles. The number of hydrogen-bond donors (Lipinski definition) is 2. The molecule has 6 heteroatoms. The van der Waals surface area contributed by atoms with Crippen molar-refractivity contribution in [1.82, 2.24) is 10.2 Å². The van der Waals surface area contributed by atoms with Crippen LogP contribution >= 0.6 is 12.4 Å². The van der Waals surface area contributed by atoms with Gasteiger partial charge in [-0.05, 0) is 62.4 Å². The summed E-state index contributed by atoms with van der Waals surface area (Å²) in [5.41, 5.74) is 3.23. The normalized spacial score (nSPS) is 17.0. The van der Waals surface area contributed by atoms with Crippen LogP contribution in [0.15, 0.2) is 18.2 Å². The van der Waals surface area contributed by atoms with Crippen LogP contribution in [0.1, 0.15) is 36.8 Å². The van der Waals surface area contributed by atoms with E-state index in [2.05, 4.69) is 22.8 Å². The Bertz CT molecular complexity index is 613. The van der Waals surface area contributed by atoms with Crippen molar-refractivity contribution in [3.63, 3.8) is 0 Å². The maximum atomic E-state index is 12.3. The molecule has 0 bridgehead atoms. The molecule has 5 nitrogen and oxygen atoms in total. The van der Waals surface area contributed by atoms with E-state index < -0.39 is 0 Å². The van der Waals surface area contributed by atoms with Gasteiger partial charge in [0.25, 0.3) is 0 Å². The highest BCUT2D eigenvalue weighted by Crippen LogP contribution is 2.24. The van der Waals surface area contributed by atoms with Crippen molar-refractivity contribution in [3.05, 3.63) is 29.3 Å². The minimum absolute atomic E-state index is 0. The average molecular weight is 366 g/mol. The summed E-state index contributed by atoms with van der Waals surface area (Å²) in [6, 6.07) is 6.13. The van der Waals surface area contributed by atoms with Gasteiger partial charge in [0, 0.05) is 25.2 Å². The molecule has 0 aliphatic carbocycles. The lowest BCUT2D eigenvalue weighted by Crippen LogP contribution is -2.40. The Balaban J connectivity index is 0.00000225. The molecule has 1 saturated heterocycles. The van der Waals surface area contributed by atoms with Gasteiger partial charge >= 0.3 is 0 Å². The van der Waals surface area contributed by atoms with Gasteiger partial charge in [0.2, 0.25) is 11.8 Å². The highest BCUT2D eigenvalue weighted by molar-refractivity contribution is 5.99. The molecule has 0 aromatic heterocycles. The summed E-state index contributed by atoms with van der Waals surface area (Å²) in [4.78, 5) is 25.8. The van der Waals surface area contributed by atoms with Gasteiger partial charge in [-0.2, -0.15) is 0 Å². The fraction of sp³-hybridized carbons (Fsp3) is 0.579. The van der Waals surface area contributed by atoms with E-state index in [0.717, 1.165) is 56.6 Å². The van der Waals surface area contributed by atoms with Crippen LogP contribution in [-0.4, -0.2) is 43.4 Å². The summed E-state index contributed by atoms with van der Waals surface area (Å²) in [6.07, 6.45) is 5.07. The van der Waals surface area contributed by atoms with Crippen molar-refractivity contribution in [2.24, 2.45) is 5.92 Å². The molecular weight excluding hydrogens is 338 g/mol. The summed E-state index contributed by atoms with van der Waals surface area (Å²) in [5, 5.41) is 6.08. The fourth-order valence-electron chi connectivity index (χ4n) is 3.72. The van der Waals surface area contributed by atoms with Crippen molar-refractivity contribution in [2.75, 3.05) is 32.0 Å². The zero-order valence-corrected chi connectivity index (χ0v) is 15.7. The smallest absolute Gasteiger partial charge is 0.228 e. The van der Waals surface area contributed by atoms with Crippen LogP contribution in [0.25, 0.3) is 0 Å². The van der Waals surface area contributed by atoms with E-state index in [9.17, 15) is 9.59 Å². The second kappa shape index (κ2) is 9.20. The number of rotatable bonds is 6. The molecule has 25 heavy (non-hydrogen) atoms. The molecular formula is C19H28ClN3O2. The van der Waals surface area contributed by atoms with Gasteiger partial charge in [0.15, 0.2) is 0 Å². The maximum Gasteiger partial charge on any atom is 0.228 e. The molecule has 1 aromatic carbocycles. The molecule has 0 atom stereocenters. The molecule has 1 fully saturated rings. The number of amides is 2. The Kier molecular flexibility index (Phi) is 7.26. The van der Waals surface area contributed by atoms with Gasteiger partial charge in [0.1, 0.15) is 0 Å². The van der Waals surface area contributed by atoms with Crippen LogP contribution < -0.4 is 10.6 Å². The second-order valence-corrected chi connectivity index (χ2v) is 6.95. The van der Waals surface area contributed by atoms with Gasteiger partial charge in [-0.1, -0.05) is 12.1 Å². The molecule has 2 aliphatic heterocycles. The van der Waals surface area contributed by atoms with Crippen LogP contribution in [0.5, 0.6) is 0 Å². The highest BCUT2D eigenvalue weighted by atomic mass is 35.5. The van der Waals surface area contributed by atoms with E-state index in [0.29, 0.717) is 18.8 Å². The first-order valence-corrected chi connectivity index (χ1v) is 8.99. The Labute approximate surface area is 155 Å². The van der Waals surface area contributed by atoms with Crippen molar-refractivity contribution in [1.29, 1.82) is 0 Å². The van der Waals surface area contributed by atoms with Crippen molar-refractivity contribution in [2.45, 2.75) is 38.5 Å². The van der Waals surface area contributed by atoms with E-state index in [1.54, 1.807) is 0 Å². The zero-order valence-electron chi connectivity index (χ0n) is 14.8. The van der Waals surface area contributed by atoms with Gasteiger partial charge in [-0.25, -0.2) is 0 Å². The van der Waals surface area contributed by atoms with Crippen LogP contribution in [0.4, 0.5) is 5.69 Å². The predicted octanol–water partition coefficient (Wildman–Crippen LogP) is 2.38. The Morgan fingerprint density at radius 1 is 1.32 bits per heavy atom. The lowest BCUT2D eigenvalue weighted by Gasteiger charge is -2.32. The Morgan fingerprint density at radius 3 is 2.80 bits per heavy atom. The highest BCUT2D eigenvalue weighted by Gasteiger charge is 2.22. The molecule has 2 aliphatic rings. The molecule has 2 amide bonds. The molecule has 3 rings (SSSR count). The molecule has 0 radical (unpaired) electrons. The van der Waals surface area contributed by atoms with Crippen molar-refractivity contribution in [3.8, 4) is 0 Å². The third kappa shape index (κ3) is 5.19. The van der Waals surface area contributed by atoms with Crippen LogP contribution in [-0.2, 0) is 22.4 Å². The van der Waals surface area contributed by atoms with E-state index in [4.69, 9.17) is 0 Å². The van der Waals surface area contributed by atoms with E-state index >= 15 is 0 Å². The average Bonchev–Trinajstić information content (AvgIpc) is 2.95. The summed E-state index contributed by atoms with van der Waals surface area (Å²) >= 11 is 0. The van der Waals surface area contributed by atoms with Crippen molar-refractivity contribution >= 4 is 29.9 Å². The summed E-state index contributed by atoms with van der Waals surface area (Å²) in [6.45, 7) is 2.85. The van der Waals surface area contributed by atoms with E-state index in [-0.39, 0.29) is 24.2 Å². The number of benzene rings is 1. The number of anilines is 1. The molecule has 1 aromatic rings. The number of fused-ring (bicyclic) bond motifs is 1. The van der Waals surface area contributed by atoms with Crippen molar-refractivity contribution < 1.29 is 9.59 Å². The molecule has 2 N–H and O–H groups in total. The first kappa shape index (κ1) is 19.7. The Hall–Kier alpha value is -1.59. The number of carbonyl (C=O) groups excluding carboxylic acids is 2. The standard InChI is InChI=1S/C19H27N3O2.ClH/c1-20-13-15-7-9-22(10-8-15)19(24)4-2-3-14-5-6-17-16(11-14)12-18(23)21-17;/h5-6,11,15,20H,2-4,7-10,12-13H2,1H3,(H,21,23);1H. The first-order chi connectivity index (χ1) is 11.7. The second-order valence-electron chi connectivity index (χ2n) is 6.95. The van der Waals surface area contributed by atoms with Gasteiger partial charge in [-0.15, -0.1) is 12.4 Å². The largest absolute Gasteiger partial charge is 0.343 e.